The molecule has 2 heterocycles. The Morgan fingerprint density at radius 3 is 2.74 bits per heavy atom. The van der Waals surface area contributed by atoms with Crippen molar-refractivity contribution in [1.82, 2.24) is 15.3 Å². The van der Waals surface area contributed by atoms with Gasteiger partial charge in [-0.15, -0.1) is 0 Å². The number of carbonyl (C=O) groups is 1. The van der Waals surface area contributed by atoms with Crippen molar-refractivity contribution in [3.8, 4) is 0 Å². The topological polar surface area (TPSA) is 58.1 Å². The molecule has 1 saturated heterocycles. The highest BCUT2D eigenvalue weighted by Gasteiger charge is 2.16. The first-order valence-corrected chi connectivity index (χ1v) is 9.15. The highest BCUT2D eigenvalue weighted by Crippen LogP contribution is 2.28. The van der Waals surface area contributed by atoms with Crippen molar-refractivity contribution < 1.29 is 4.79 Å². The second-order valence-corrected chi connectivity index (χ2v) is 6.84. The van der Waals surface area contributed by atoms with Crippen LogP contribution in [0.2, 0.25) is 0 Å². The predicted molar refractivity (Wildman–Crippen MR) is 91.1 cm³/mol. The van der Waals surface area contributed by atoms with Crippen LogP contribution in [0.5, 0.6) is 0 Å². The number of anilines is 1. The maximum atomic E-state index is 12.0. The van der Waals surface area contributed by atoms with E-state index in [1.165, 1.54) is 44.9 Å². The summed E-state index contributed by atoms with van der Waals surface area (Å²) < 4.78 is 0. The SMILES string of the molecule is O=C(CCC1CCCC1)NCc1nccc(N2CCCCC2)n1. The van der Waals surface area contributed by atoms with Crippen LogP contribution < -0.4 is 10.2 Å². The minimum atomic E-state index is 0.129. The maximum Gasteiger partial charge on any atom is 0.220 e. The van der Waals surface area contributed by atoms with E-state index in [4.69, 9.17) is 0 Å². The van der Waals surface area contributed by atoms with Gasteiger partial charge in [0.15, 0.2) is 0 Å². The van der Waals surface area contributed by atoms with Gasteiger partial charge in [-0.25, -0.2) is 9.97 Å². The molecule has 2 fully saturated rings. The lowest BCUT2D eigenvalue weighted by Gasteiger charge is -2.27. The Morgan fingerprint density at radius 2 is 1.96 bits per heavy atom. The van der Waals surface area contributed by atoms with Gasteiger partial charge in [0.05, 0.1) is 6.54 Å². The normalized spacial score (nSPS) is 19.0. The molecule has 126 valence electrons. The summed E-state index contributed by atoms with van der Waals surface area (Å²) >= 11 is 0. The van der Waals surface area contributed by atoms with Gasteiger partial charge >= 0.3 is 0 Å². The van der Waals surface area contributed by atoms with E-state index < -0.39 is 0 Å². The average Bonchev–Trinajstić information content (AvgIpc) is 3.13. The van der Waals surface area contributed by atoms with Crippen molar-refractivity contribution in [2.45, 2.75) is 64.3 Å². The quantitative estimate of drug-likeness (QED) is 0.876. The van der Waals surface area contributed by atoms with Crippen molar-refractivity contribution >= 4 is 11.7 Å². The molecule has 0 unspecified atom stereocenters. The molecule has 1 N–H and O–H groups in total. The zero-order valence-corrected chi connectivity index (χ0v) is 14.0. The zero-order chi connectivity index (χ0) is 15.9. The van der Waals surface area contributed by atoms with E-state index in [2.05, 4.69) is 20.2 Å². The molecular weight excluding hydrogens is 288 g/mol. The average molecular weight is 316 g/mol. The van der Waals surface area contributed by atoms with Gasteiger partial charge in [0.25, 0.3) is 0 Å². The zero-order valence-electron chi connectivity index (χ0n) is 14.0. The van der Waals surface area contributed by atoms with Crippen LogP contribution >= 0.6 is 0 Å². The summed E-state index contributed by atoms with van der Waals surface area (Å²) in [5.74, 6) is 2.60. The third-order valence-electron chi connectivity index (χ3n) is 5.07. The highest BCUT2D eigenvalue weighted by atomic mass is 16.1. The Balaban J connectivity index is 1.44. The molecule has 5 nitrogen and oxygen atoms in total. The molecule has 3 rings (SSSR count). The molecule has 1 aliphatic heterocycles. The molecule has 1 aliphatic carbocycles. The molecule has 0 bridgehead atoms. The molecule has 1 aromatic heterocycles. The van der Waals surface area contributed by atoms with Crippen LogP contribution in [0.15, 0.2) is 12.3 Å². The Hall–Kier alpha value is -1.65. The van der Waals surface area contributed by atoms with E-state index >= 15 is 0 Å². The van der Waals surface area contributed by atoms with Gasteiger partial charge < -0.3 is 10.2 Å². The van der Waals surface area contributed by atoms with Crippen LogP contribution in [0.25, 0.3) is 0 Å². The fourth-order valence-electron chi connectivity index (χ4n) is 3.67. The lowest BCUT2D eigenvalue weighted by molar-refractivity contribution is -0.121. The van der Waals surface area contributed by atoms with Gasteiger partial charge in [0.2, 0.25) is 5.91 Å². The van der Waals surface area contributed by atoms with E-state index in [1.54, 1.807) is 6.20 Å². The maximum absolute atomic E-state index is 12.0. The standard InChI is InChI=1S/C18H28N4O/c23-18(9-8-15-6-2-3-7-15)20-14-16-19-11-10-17(21-16)22-12-4-1-5-13-22/h10-11,15H,1-9,12-14H2,(H,20,23). The number of hydrogen-bond donors (Lipinski definition) is 1. The van der Waals surface area contributed by atoms with Crippen LogP contribution in [-0.2, 0) is 11.3 Å². The highest BCUT2D eigenvalue weighted by molar-refractivity contribution is 5.75. The van der Waals surface area contributed by atoms with Gasteiger partial charge in [0.1, 0.15) is 11.6 Å². The van der Waals surface area contributed by atoms with E-state index in [0.717, 1.165) is 31.2 Å². The monoisotopic (exact) mass is 316 g/mol. The smallest absolute Gasteiger partial charge is 0.220 e. The Morgan fingerprint density at radius 1 is 1.17 bits per heavy atom. The molecule has 5 heteroatoms. The lowest BCUT2D eigenvalue weighted by Crippen LogP contribution is -2.31. The van der Waals surface area contributed by atoms with Gasteiger partial charge in [-0.05, 0) is 37.7 Å². The second-order valence-electron chi connectivity index (χ2n) is 6.84. The molecular formula is C18H28N4O. The molecule has 1 saturated carbocycles. The van der Waals surface area contributed by atoms with Crippen molar-refractivity contribution in [3.05, 3.63) is 18.1 Å². The number of piperidine rings is 1. The summed E-state index contributed by atoms with van der Waals surface area (Å²) in [5.41, 5.74) is 0. The summed E-state index contributed by atoms with van der Waals surface area (Å²) in [6.45, 7) is 2.58. The fourth-order valence-corrected chi connectivity index (χ4v) is 3.67. The number of aromatic nitrogens is 2. The van der Waals surface area contributed by atoms with Crippen LogP contribution in [0.4, 0.5) is 5.82 Å². The largest absolute Gasteiger partial charge is 0.357 e. The molecule has 0 radical (unpaired) electrons. The van der Waals surface area contributed by atoms with Crippen molar-refractivity contribution in [3.63, 3.8) is 0 Å². The molecule has 0 aromatic carbocycles. The number of hydrogen-bond acceptors (Lipinski definition) is 4. The third-order valence-corrected chi connectivity index (χ3v) is 5.07. The first-order chi connectivity index (χ1) is 11.3. The fraction of sp³-hybridized carbons (Fsp3) is 0.722. The van der Waals surface area contributed by atoms with Crippen molar-refractivity contribution in [2.24, 2.45) is 5.92 Å². The third kappa shape index (κ3) is 4.91. The molecule has 1 amide bonds. The van der Waals surface area contributed by atoms with Gasteiger partial charge in [-0.1, -0.05) is 25.7 Å². The van der Waals surface area contributed by atoms with E-state index in [0.29, 0.717) is 18.8 Å². The van der Waals surface area contributed by atoms with Crippen LogP contribution in [0.1, 0.15) is 63.6 Å². The molecule has 0 spiro atoms. The van der Waals surface area contributed by atoms with Crippen LogP contribution in [-0.4, -0.2) is 29.0 Å². The van der Waals surface area contributed by atoms with E-state index in [9.17, 15) is 4.79 Å². The summed E-state index contributed by atoms with van der Waals surface area (Å²) in [6, 6.07) is 1.97. The molecule has 1 aromatic rings. The predicted octanol–water partition coefficient (Wildman–Crippen LogP) is 3.05. The summed E-state index contributed by atoms with van der Waals surface area (Å²) in [4.78, 5) is 23.2. The number of rotatable bonds is 6. The van der Waals surface area contributed by atoms with E-state index in [-0.39, 0.29) is 5.91 Å². The van der Waals surface area contributed by atoms with Gasteiger partial charge in [0, 0.05) is 25.7 Å². The number of carbonyl (C=O) groups excluding carboxylic acids is 1. The minimum Gasteiger partial charge on any atom is -0.357 e. The first-order valence-electron chi connectivity index (χ1n) is 9.15. The Labute approximate surface area is 138 Å². The Kier molecular flexibility index (Phi) is 5.83. The van der Waals surface area contributed by atoms with Crippen LogP contribution in [0.3, 0.4) is 0 Å². The summed E-state index contributed by atoms with van der Waals surface area (Å²) in [7, 11) is 0. The summed E-state index contributed by atoms with van der Waals surface area (Å²) in [6.07, 6.45) is 12.5. The molecule has 23 heavy (non-hydrogen) atoms. The van der Waals surface area contributed by atoms with Crippen LogP contribution in [0, 0.1) is 5.92 Å². The number of amides is 1. The summed E-state index contributed by atoms with van der Waals surface area (Å²) in [5, 5.41) is 2.97. The van der Waals surface area contributed by atoms with E-state index in [1.807, 2.05) is 6.07 Å². The first kappa shape index (κ1) is 16.2. The second kappa shape index (κ2) is 8.27. The number of nitrogens with one attached hydrogen (secondary N) is 1. The van der Waals surface area contributed by atoms with Gasteiger partial charge in [-0.2, -0.15) is 0 Å². The molecule has 2 aliphatic rings. The Bertz CT molecular complexity index is 507. The number of nitrogens with zero attached hydrogens (tertiary/aromatic N) is 3. The van der Waals surface area contributed by atoms with Gasteiger partial charge in [-0.3, -0.25) is 4.79 Å². The van der Waals surface area contributed by atoms with Crippen molar-refractivity contribution in [1.29, 1.82) is 0 Å². The lowest BCUT2D eigenvalue weighted by atomic mass is 10.0. The minimum absolute atomic E-state index is 0.129. The molecule has 0 atom stereocenters. The van der Waals surface area contributed by atoms with Crippen molar-refractivity contribution in [2.75, 3.05) is 18.0 Å².